The zero-order valence-corrected chi connectivity index (χ0v) is 11.7. The molecule has 106 valence electrons. The Bertz CT molecular complexity index is 586. The lowest BCUT2D eigenvalue weighted by molar-refractivity contribution is 0.405. The Hall–Kier alpha value is -1.91. The molecular weight excluding hydrogens is 255 g/mol. The van der Waals surface area contributed by atoms with Crippen molar-refractivity contribution in [3.05, 3.63) is 65.0 Å². The zero-order valence-electron chi connectivity index (χ0n) is 11.7. The number of nitrogens with two attached hydrogens (primary N) is 1. The first-order chi connectivity index (χ1) is 9.65. The molecule has 2 rings (SSSR count). The van der Waals surface area contributed by atoms with Gasteiger partial charge in [0.1, 0.15) is 11.6 Å². The van der Waals surface area contributed by atoms with Crippen LogP contribution in [0.1, 0.15) is 22.7 Å². The molecule has 0 aromatic heterocycles. The quantitative estimate of drug-likeness (QED) is 0.651. The minimum Gasteiger partial charge on any atom is -0.496 e. The Morgan fingerprint density at radius 1 is 1.25 bits per heavy atom. The number of nitrogens with one attached hydrogen (secondary N) is 1. The van der Waals surface area contributed by atoms with Crippen molar-refractivity contribution in [3.8, 4) is 5.75 Å². The van der Waals surface area contributed by atoms with Gasteiger partial charge in [-0.2, -0.15) is 0 Å². The second kappa shape index (κ2) is 6.50. The fourth-order valence-corrected chi connectivity index (χ4v) is 2.38. The van der Waals surface area contributed by atoms with E-state index >= 15 is 0 Å². The van der Waals surface area contributed by atoms with E-state index in [0.29, 0.717) is 6.42 Å². The molecule has 2 aromatic carbocycles. The van der Waals surface area contributed by atoms with Crippen molar-refractivity contribution >= 4 is 0 Å². The number of para-hydroxylation sites is 1. The maximum atomic E-state index is 13.2. The third-order valence-electron chi connectivity index (χ3n) is 3.43. The highest BCUT2D eigenvalue weighted by molar-refractivity contribution is 5.37. The van der Waals surface area contributed by atoms with Gasteiger partial charge in [0.05, 0.1) is 13.2 Å². The third-order valence-corrected chi connectivity index (χ3v) is 3.43. The standard InChI is InChI=1S/C16H19FN2O/c1-11-9-13(17)7-8-14(11)15(19-18)10-12-5-3-4-6-16(12)20-2/h3-9,15,19H,10,18H2,1-2H3. The molecule has 0 saturated heterocycles. The number of methoxy groups -OCH3 is 1. The number of hydrogen-bond acceptors (Lipinski definition) is 3. The van der Waals surface area contributed by atoms with Gasteiger partial charge in [-0.3, -0.25) is 11.3 Å². The predicted molar refractivity (Wildman–Crippen MR) is 77.9 cm³/mol. The van der Waals surface area contributed by atoms with E-state index in [-0.39, 0.29) is 11.9 Å². The molecule has 20 heavy (non-hydrogen) atoms. The summed E-state index contributed by atoms with van der Waals surface area (Å²) in [4.78, 5) is 0. The fourth-order valence-electron chi connectivity index (χ4n) is 2.38. The van der Waals surface area contributed by atoms with Crippen molar-refractivity contribution in [2.75, 3.05) is 7.11 Å². The van der Waals surface area contributed by atoms with Gasteiger partial charge in [0.2, 0.25) is 0 Å². The van der Waals surface area contributed by atoms with E-state index in [1.165, 1.54) is 12.1 Å². The van der Waals surface area contributed by atoms with Crippen LogP contribution in [0.5, 0.6) is 5.75 Å². The first-order valence-corrected chi connectivity index (χ1v) is 6.49. The highest BCUT2D eigenvalue weighted by Gasteiger charge is 2.15. The predicted octanol–water partition coefficient (Wildman–Crippen LogP) is 2.89. The van der Waals surface area contributed by atoms with Gasteiger partial charge in [0, 0.05) is 0 Å². The number of rotatable bonds is 5. The minimum absolute atomic E-state index is 0.0908. The first kappa shape index (κ1) is 14.5. The largest absolute Gasteiger partial charge is 0.496 e. The van der Waals surface area contributed by atoms with Crippen LogP contribution in [0.3, 0.4) is 0 Å². The third kappa shape index (κ3) is 3.15. The van der Waals surface area contributed by atoms with Crippen LogP contribution in [0.25, 0.3) is 0 Å². The van der Waals surface area contributed by atoms with Gasteiger partial charge in [-0.1, -0.05) is 24.3 Å². The normalized spacial score (nSPS) is 12.2. The van der Waals surface area contributed by atoms with Crippen LogP contribution in [0.15, 0.2) is 42.5 Å². The summed E-state index contributed by atoms with van der Waals surface area (Å²) in [6.07, 6.45) is 0.674. The molecule has 3 N–H and O–H groups in total. The highest BCUT2D eigenvalue weighted by atomic mass is 19.1. The number of hydrogen-bond donors (Lipinski definition) is 2. The van der Waals surface area contributed by atoms with Crippen LogP contribution in [-0.4, -0.2) is 7.11 Å². The number of hydrazine groups is 1. The van der Waals surface area contributed by atoms with Crippen molar-refractivity contribution in [1.29, 1.82) is 0 Å². The molecule has 0 fully saturated rings. The molecule has 1 unspecified atom stereocenters. The summed E-state index contributed by atoms with van der Waals surface area (Å²) in [5, 5.41) is 0. The van der Waals surface area contributed by atoms with Crippen molar-refractivity contribution < 1.29 is 9.13 Å². The monoisotopic (exact) mass is 274 g/mol. The minimum atomic E-state index is -0.237. The van der Waals surface area contributed by atoms with Crippen molar-refractivity contribution in [3.63, 3.8) is 0 Å². The van der Waals surface area contributed by atoms with Gasteiger partial charge >= 0.3 is 0 Å². The second-order valence-electron chi connectivity index (χ2n) is 4.74. The molecule has 4 heteroatoms. The summed E-state index contributed by atoms with van der Waals surface area (Å²) in [7, 11) is 1.65. The Balaban J connectivity index is 2.29. The number of ether oxygens (including phenoxy) is 1. The summed E-state index contributed by atoms with van der Waals surface area (Å²) in [5.74, 6) is 6.26. The molecule has 3 nitrogen and oxygen atoms in total. The van der Waals surface area contributed by atoms with E-state index in [1.807, 2.05) is 31.2 Å². The van der Waals surface area contributed by atoms with Gasteiger partial charge in [-0.05, 0) is 48.2 Å². The Morgan fingerprint density at radius 2 is 2.00 bits per heavy atom. The SMILES string of the molecule is COc1ccccc1CC(NN)c1ccc(F)cc1C. The molecule has 0 saturated carbocycles. The molecule has 0 amide bonds. The van der Waals surface area contributed by atoms with E-state index < -0.39 is 0 Å². The molecule has 0 aliphatic rings. The van der Waals surface area contributed by atoms with Crippen LogP contribution < -0.4 is 16.0 Å². The van der Waals surface area contributed by atoms with E-state index in [4.69, 9.17) is 10.6 Å². The van der Waals surface area contributed by atoms with Crippen molar-refractivity contribution in [2.45, 2.75) is 19.4 Å². The summed E-state index contributed by atoms with van der Waals surface area (Å²) >= 11 is 0. The summed E-state index contributed by atoms with van der Waals surface area (Å²) < 4.78 is 18.5. The summed E-state index contributed by atoms with van der Waals surface area (Å²) in [6.45, 7) is 1.88. The second-order valence-corrected chi connectivity index (χ2v) is 4.74. The molecular formula is C16H19FN2O. The lowest BCUT2D eigenvalue weighted by atomic mass is 9.95. The Labute approximate surface area is 118 Å². The molecule has 0 aliphatic carbocycles. The zero-order chi connectivity index (χ0) is 14.5. The average molecular weight is 274 g/mol. The molecule has 0 aliphatic heterocycles. The molecule has 0 spiro atoms. The van der Waals surface area contributed by atoms with Crippen LogP contribution in [-0.2, 0) is 6.42 Å². The molecule has 0 radical (unpaired) electrons. The van der Waals surface area contributed by atoms with Crippen LogP contribution in [0.2, 0.25) is 0 Å². The Kier molecular flexibility index (Phi) is 4.71. The average Bonchev–Trinajstić information content (AvgIpc) is 2.46. The van der Waals surface area contributed by atoms with E-state index in [2.05, 4.69) is 5.43 Å². The van der Waals surface area contributed by atoms with E-state index in [0.717, 1.165) is 22.4 Å². The Morgan fingerprint density at radius 3 is 2.65 bits per heavy atom. The molecule has 2 aromatic rings. The number of aryl methyl sites for hydroxylation is 1. The summed E-state index contributed by atoms with van der Waals surface area (Å²) in [6, 6.07) is 12.5. The molecule has 0 bridgehead atoms. The van der Waals surface area contributed by atoms with E-state index in [1.54, 1.807) is 13.2 Å². The van der Waals surface area contributed by atoms with E-state index in [9.17, 15) is 4.39 Å². The van der Waals surface area contributed by atoms with Crippen LogP contribution in [0, 0.1) is 12.7 Å². The van der Waals surface area contributed by atoms with Gasteiger partial charge < -0.3 is 4.74 Å². The first-order valence-electron chi connectivity index (χ1n) is 6.49. The van der Waals surface area contributed by atoms with Crippen LogP contribution >= 0.6 is 0 Å². The number of benzene rings is 2. The van der Waals surface area contributed by atoms with Gasteiger partial charge in [-0.25, -0.2) is 4.39 Å². The lowest BCUT2D eigenvalue weighted by Crippen LogP contribution is -2.30. The van der Waals surface area contributed by atoms with Gasteiger partial charge in [-0.15, -0.1) is 0 Å². The number of halogens is 1. The maximum absolute atomic E-state index is 13.2. The fraction of sp³-hybridized carbons (Fsp3) is 0.250. The van der Waals surface area contributed by atoms with Gasteiger partial charge in [0.15, 0.2) is 0 Å². The smallest absolute Gasteiger partial charge is 0.123 e. The van der Waals surface area contributed by atoms with Crippen molar-refractivity contribution in [2.24, 2.45) is 5.84 Å². The molecule has 1 atom stereocenters. The highest BCUT2D eigenvalue weighted by Crippen LogP contribution is 2.26. The maximum Gasteiger partial charge on any atom is 0.123 e. The van der Waals surface area contributed by atoms with Crippen LogP contribution in [0.4, 0.5) is 4.39 Å². The lowest BCUT2D eigenvalue weighted by Gasteiger charge is -2.20. The topological polar surface area (TPSA) is 47.3 Å². The molecule has 0 heterocycles. The summed E-state index contributed by atoms with van der Waals surface area (Å²) in [5.41, 5.74) is 5.72. The van der Waals surface area contributed by atoms with Crippen molar-refractivity contribution in [1.82, 2.24) is 5.43 Å². The van der Waals surface area contributed by atoms with Gasteiger partial charge in [0.25, 0.3) is 0 Å².